The van der Waals surface area contributed by atoms with E-state index in [0.29, 0.717) is 5.17 Å². The molecule has 5 rings (SSSR count). The van der Waals surface area contributed by atoms with Crippen LogP contribution in [0.25, 0.3) is 27.5 Å². The van der Waals surface area contributed by atoms with Crippen LogP contribution in [0.1, 0.15) is 18.0 Å². The zero-order valence-corrected chi connectivity index (χ0v) is 14.9. The van der Waals surface area contributed by atoms with Crippen molar-refractivity contribution in [1.29, 1.82) is 0 Å². The number of hydrogen-bond donors (Lipinski definition) is 0. The molecule has 0 saturated carbocycles. The first-order valence-electron chi connectivity index (χ1n) is 8.78. The number of rotatable bonds is 2. The fraction of sp³-hybridized carbons (Fsp3) is 0.0870. The van der Waals surface area contributed by atoms with Crippen LogP contribution < -0.4 is 0 Å². The van der Waals surface area contributed by atoms with Crippen LogP contribution in [0.5, 0.6) is 0 Å². The Balaban J connectivity index is 1.71. The first kappa shape index (κ1) is 15.4. The van der Waals surface area contributed by atoms with E-state index in [2.05, 4.69) is 82.4 Å². The molecule has 0 fully saturated rings. The Morgan fingerprint density at radius 1 is 0.769 bits per heavy atom. The van der Waals surface area contributed by atoms with Gasteiger partial charge in [0.15, 0.2) is 0 Å². The smallest absolute Gasteiger partial charge is 0.126 e. The summed E-state index contributed by atoms with van der Waals surface area (Å²) in [4.78, 5) is 4.67. The van der Waals surface area contributed by atoms with E-state index in [1.165, 1.54) is 33.1 Å². The van der Waals surface area contributed by atoms with Crippen LogP contribution in [-0.4, -0.2) is 9.74 Å². The lowest BCUT2D eigenvalue weighted by atomic mass is 10.0. The van der Waals surface area contributed by atoms with E-state index in [1.54, 1.807) is 0 Å². The lowest BCUT2D eigenvalue weighted by Crippen LogP contribution is -2.09. The van der Waals surface area contributed by atoms with Crippen molar-refractivity contribution in [2.24, 2.45) is 4.99 Å². The summed E-state index contributed by atoms with van der Waals surface area (Å²) in [6.45, 7) is 0. The van der Waals surface area contributed by atoms with E-state index < -0.39 is 0 Å². The maximum Gasteiger partial charge on any atom is 0.126 e. The summed E-state index contributed by atoms with van der Waals surface area (Å²) in [6.07, 6.45) is 2.82. The molecular weight excluding hydrogens is 340 g/mol. The first-order chi connectivity index (χ1) is 12.8. The van der Waals surface area contributed by atoms with Gasteiger partial charge in [-0.1, -0.05) is 78.3 Å². The van der Waals surface area contributed by atoms with Crippen molar-refractivity contribution < 1.29 is 0 Å². The van der Waals surface area contributed by atoms with E-state index in [4.69, 9.17) is 11.6 Å². The van der Waals surface area contributed by atoms with Crippen LogP contribution in [-0.2, 0) is 0 Å². The molecule has 2 nitrogen and oxygen atoms in total. The molecule has 0 N–H and O–H groups in total. The quantitative estimate of drug-likeness (QED) is 0.394. The lowest BCUT2D eigenvalue weighted by molar-refractivity contribution is 0.733. The third kappa shape index (κ3) is 2.46. The summed E-state index contributed by atoms with van der Waals surface area (Å²) in [5, 5.41) is 3.08. The monoisotopic (exact) mass is 356 g/mol. The molecule has 2 heterocycles. The first-order valence-corrected chi connectivity index (χ1v) is 9.16. The molecule has 1 aliphatic heterocycles. The number of dihydropyridines is 1. The van der Waals surface area contributed by atoms with Crippen LogP contribution in [0.4, 0.5) is 0 Å². The van der Waals surface area contributed by atoms with E-state index >= 15 is 0 Å². The minimum atomic E-state index is 0.0450. The summed E-state index contributed by atoms with van der Waals surface area (Å²) in [5.74, 6) is 0. The van der Waals surface area contributed by atoms with Gasteiger partial charge in [0, 0.05) is 22.9 Å². The molecule has 3 heteroatoms. The molecule has 0 saturated heterocycles. The van der Waals surface area contributed by atoms with Gasteiger partial charge in [-0.15, -0.1) is 0 Å². The van der Waals surface area contributed by atoms with Crippen LogP contribution in [0.3, 0.4) is 0 Å². The average Bonchev–Trinajstić information content (AvgIpc) is 3.03. The molecule has 0 bridgehead atoms. The van der Waals surface area contributed by atoms with Crippen LogP contribution >= 0.6 is 11.6 Å². The van der Waals surface area contributed by atoms with Crippen molar-refractivity contribution in [2.75, 3.05) is 0 Å². The third-order valence-corrected chi connectivity index (χ3v) is 5.23. The number of allylic oxidation sites excluding steroid dienone is 1. The van der Waals surface area contributed by atoms with Gasteiger partial charge >= 0.3 is 0 Å². The highest BCUT2D eigenvalue weighted by Gasteiger charge is 2.21. The highest BCUT2D eigenvalue weighted by molar-refractivity contribution is 6.69. The van der Waals surface area contributed by atoms with E-state index in [0.717, 1.165) is 6.42 Å². The SMILES string of the molecule is ClC1=NC(c2ccccc2)CC(n2c3ccccc3c3ccccc32)=C1. The van der Waals surface area contributed by atoms with Crippen LogP contribution in [0.2, 0.25) is 0 Å². The molecule has 1 unspecified atom stereocenters. The van der Waals surface area contributed by atoms with Gasteiger partial charge in [0.05, 0.1) is 17.1 Å². The molecule has 26 heavy (non-hydrogen) atoms. The standard InChI is InChI=1S/C23H17ClN2/c24-23-15-17(14-20(25-23)16-8-2-1-3-9-16)26-21-12-6-4-10-18(21)19-11-5-7-13-22(19)26/h1-13,15,20H,14H2. The summed E-state index contributed by atoms with van der Waals surface area (Å²) < 4.78 is 2.33. The number of benzene rings is 3. The van der Waals surface area contributed by atoms with Crippen molar-refractivity contribution in [3.05, 3.63) is 90.5 Å². The molecule has 1 aromatic heterocycles. The Morgan fingerprint density at radius 2 is 1.35 bits per heavy atom. The van der Waals surface area contributed by atoms with Crippen molar-refractivity contribution in [3.63, 3.8) is 0 Å². The third-order valence-electron chi connectivity index (χ3n) is 5.02. The fourth-order valence-electron chi connectivity index (χ4n) is 3.88. The predicted octanol–water partition coefficient (Wildman–Crippen LogP) is 6.42. The highest BCUT2D eigenvalue weighted by Crippen LogP contribution is 2.37. The summed E-state index contributed by atoms with van der Waals surface area (Å²) in [6, 6.07) is 27.5. The van der Waals surface area contributed by atoms with Crippen molar-refractivity contribution in [2.45, 2.75) is 12.5 Å². The van der Waals surface area contributed by atoms with Crippen LogP contribution in [0.15, 0.2) is 89.9 Å². The molecular formula is C23H17ClN2. The Kier molecular flexibility index (Phi) is 3.65. The Labute approximate surface area is 157 Å². The van der Waals surface area contributed by atoms with Gasteiger partial charge in [0.2, 0.25) is 0 Å². The van der Waals surface area contributed by atoms with Crippen LogP contribution in [0, 0.1) is 0 Å². The Bertz CT molecular complexity index is 1120. The average molecular weight is 357 g/mol. The predicted molar refractivity (Wildman–Crippen MR) is 111 cm³/mol. The maximum absolute atomic E-state index is 6.44. The van der Waals surface area contributed by atoms with Gasteiger partial charge in [0.1, 0.15) is 5.17 Å². The van der Waals surface area contributed by atoms with E-state index in [-0.39, 0.29) is 6.04 Å². The molecule has 126 valence electrons. The van der Waals surface area contributed by atoms with Gasteiger partial charge in [-0.2, -0.15) is 0 Å². The normalized spacial score (nSPS) is 17.3. The number of aliphatic imine (C=N–C) groups is 1. The number of hydrogen-bond acceptors (Lipinski definition) is 1. The zero-order chi connectivity index (χ0) is 17.5. The van der Waals surface area contributed by atoms with Gasteiger partial charge in [-0.3, -0.25) is 4.99 Å². The van der Waals surface area contributed by atoms with Gasteiger partial charge in [0.25, 0.3) is 0 Å². The Hall–Kier alpha value is -2.84. The van der Waals surface area contributed by atoms with Gasteiger partial charge in [-0.05, 0) is 23.8 Å². The largest absolute Gasteiger partial charge is 0.313 e. The maximum atomic E-state index is 6.44. The number of aromatic nitrogens is 1. The van der Waals surface area contributed by atoms with Gasteiger partial charge < -0.3 is 4.57 Å². The molecule has 0 amide bonds. The second-order valence-electron chi connectivity index (χ2n) is 6.59. The number of nitrogens with zero attached hydrogens (tertiary/aromatic N) is 2. The van der Waals surface area contributed by atoms with Crippen molar-refractivity contribution in [3.8, 4) is 0 Å². The molecule has 3 aromatic carbocycles. The van der Waals surface area contributed by atoms with Crippen molar-refractivity contribution >= 4 is 44.3 Å². The number of fused-ring (bicyclic) bond motifs is 3. The second kappa shape index (κ2) is 6.15. The molecule has 0 aliphatic carbocycles. The molecule has 0 spiro atoms. The lowest BCUT2D eigenvalue weighted by Gasteiger charge is -2.22. The van der Waals surface area contributed by atoms with Gasteiger partial charge in [-0.25, -0.2) is 0 Å². The summed E-state index contributed by atoms with van der Waals surface area (Å²) in [7, 11) is 0. The molecule has 1 atom stereocenters. The summed E-state index contributed by atoms with van der Waals surface area (Å²) in [5.41, 5.74) is 4.78. The molecule has 4 aromatic rings. The topological polar surface area (TPSA) is 17.3 Å². The highest BCUT2D eigenvalue weighted by atomic mass is 35.5. The number of para-hydroxylation sites is 2. The zero-order valence-electron chi connectivity index (χ0n) is 14.1. The fourth-order valence-corrected chi connectivity index (χ4v) is 4.13. The van der Waals surface area contributed by atoms with E-state index in [9.17, 15) is 0 Å². The number of halogens is 1. The molecule has 1 aliphatic rings. The minimum absolute atomic E-state index is 0.0450. The molecule has 0 radical (unpaired) electrons. The minimum Gasteiger partial charge on any atom is -0.313 e. The van der Waals surface area contributed by atoms with Crippen molar-refractivity contribution in [1.82, 2.24) is 4.57 Å². The second-order valence-corrected chi connectivity index (χ2v) is 6.98. The summed E-state index contributed by atoms with van der Waals surface area (Å²) >= 11 is 6.44. The van der Waals surface area contributed by atoms with E-state index in [1.807, 2.05) is 12.1 Å². The Morgan fingerprint density at radius 3 is 2.00 bits per heavy atom.